The molecule has 0 saturated heterocycles. The normalized spacial score (nSPS) is 10.2. The molecule has 2 rings (SSSR count). The van der Waals surface area contributed by atoms with Crippen LogP contribution in [0.4, 0.5) is 5.69 Å². The molecule has 2 aromatic carbocycles. The largest absolute Gasteiger partial charge is 0.355 e. The van der Waals surface area contributed by atoms with Crippen molar-refractivity contribution in [3.63, 3.8) is 0 Å². The number of hydrogen-bond donors (Lipinski definition) is 1. The van der Waals surface area contributed by atoms with Crippen molar-refractivity contribution >= 4 is 11.4 Å². The van der Waals surface area contributed by atoms with Crippen molar-refractivity contribution in [3.05, 3.63) is 71.3 Å². The lowest BCUT2D eigenvalue weighted by Crippen LogP contribution is -1.99. The molecule has 0 fully saturated rings. The summed E-state index contributed by atoms with van der Waals surface area (Å²) in [5, 5.41) is 3.39. The third-order valence-electron chi connectivity index (χ3n) is 3.03. The quantitative estimate of drug-likeness (QED) is 0.816. The molecule has 0 radical (unpaired) electrons. The van der Waals surface area contributed by atoms with E-state index < -0.39 is 0 Å². The van der Waals surface area contributed by atoms with Gasteiger partial charge in [0.15, 0.2) is 0 Å². The van der Waals surface area contributed by atoms with Gasteiger partial charge in [-0.25, -0.2) is 0 Å². The van der Waals surface area contributed by atoms with Crippen LogP contribution in [0.2, 0.25) is 0 Å². The highest BCUT2D eigenvalue weighted by Crippen LogP contribution is 2.21. The predicted molar refractivity (Wildman–Crippen MR) is 79.8 cm³/mol. The van der Waals surface area contributed by atoms with Crippen LogP contribution >= 0.6 is 0 Å². The van der Waals surface area contributed by atoms with Crippen molar-refractivity contribution in [3.8, 4) is 0 Å². The second kappa shape index (κ2) is 5.09. The lowest BCUT2D eigenvalue weighted by molar-refractivity contribution is 1.37. The molecule has 0 aliphatic heterocycles. The average molecular weight is 237 g/mol. The van der Waals surface area contributed by atoms with Crippen LogP contribution in [-0.4, -0.2) is 0 Å². The minimum Gasteiger partial charge on any atom is -0.355 e. The molecule has 1 nitrogen and oxygen atoms in total. The summed E-state index contributed by atoms with van der Waals surface area (Å²) >= 11 is 0. The Morgan fingerprint density at radius 3 is 2.33 bits per heavy atom. The zero-order chi connectivity index (χ0) is 13.1. The molecule has 0 aromatic heterocycles. The summed E-state index contributed by atoms with van der Waals surface area (Å²) in [5.74, 6) is 0. The van der Waals surface area contributed by atoms with E-state index in [0.29, 0.717) is 0 Å². The standard InChI is InChI=1S/C17H19N/c1-12-6-5-7-16(11-12)15(4)18-17-9-8-13(2)10-14(17)3/h5-11,18H,4H2,1-3H3. The van der Waals surface area contributed by atoms with Crippen molar-refractivity contribution in [2.45, 2.75) is 20.8 Å². The monoisotopic (exact) mass is 237 g/mol. The van der Waals surface area contributed by atoms with E-state index >= 15 is 0 Å². The van der Waals surface area contributed by atoms with Crippen molar-refractivity contribution in [1.29, 1.82) is 0 Å². The van der Waals surface area contributed by atoms with E-state index in [1.807, 2.05) is 0 Å². The van der Waals surface area contributed by atoms with Crippen LogP contribution in [0.3, 0.4) is 0 Å². The van der Waals surface area contributed by atoms with Gasteiger partial charge in [-0.2, -0.15) is 0 Å². The third kappa shape index (κ3) is 2.80. The van der Waals surface area contributed by atoms with Crippen LogP contribution in [0.25, 0.3) is 5.70 Å². The van der Waals surface area contributed by atoms with Crippen LogP contribution in [0.5, 0.6) is 0 Å². The van der Waals surface area contributed by atoms with Crippen molar-refractivity contribution in [2.24, 2.45) is 0 Å². The molecule has 0 bridgehead atoms. The molecule has 0 spiro atoms. The molecule has 2 aromatic rings. The first-order valence-corrected chi connectivity index (χ1v) is 6.16. The second-order valence-electron chi connectivity index (χ2n) is 4.79. The summed E-state index contributed by atoms with van der Waals surface area (Å²) in [6.07, 6.45) is 0. The summed E-state index contributed by atoms with van der Waals surface area (Å²) in [4.78, 5) is 0. The average Bonchev–Trinajstić information content (AvgIpc) is 2.32. The highest BCUT2D eigenvalue weighted by Gasteiger charge is 2.02. The Morgan fingerprint density at radius 1 is 0.944 bits per heavy atom. The number of benzene rings is 2. The first-order valence-electron chi connectivity index (χ1n) is 6.16. The van der Waals surface area contributed by atoms with E-state index in [4.69, 9.17) is 0 Å². The second-order valence-corrected chi connectivity index (χ2v) is 4.79. The van der Waals surface area contributed by atoms with Crippen LogP contribution in [0.15, 0.2) is 49.0 Å². The molecule has 18 heavy (non-hydrogen) atoms. The Kier molecular flexibility index (Phi) is 3.52. The van der Waals surface area contributed by atoms with E-state index in [9.17, 15) is 0 Å². The molecule has 0 heterocycles. The molecule has 0 unspecified atom stereocenters. The van der Waals surface area contributed by atoms with Gasteiger partial charge in [-0.3, -0.25) is 0 Å². The van der Waals surface area contributed by atoms with Crippen molar-refractivity contribution in [2.75, 3.05) is 5.32 Å². The summed E-state index contributed by atoms with van der Waals surface area (Å²) in [7, 11) is 0. The van der Waals surface area contributed by atoms with E-state index in [-0.39, 0.29) is 0 Å². The summed E-state index contributed by atoms with van der Waals surface area (Å²) < 4.78 is 0. The zero-order valence-electron chi connectivity index (χ0n) is 11.2. The van der Waals surface area contributed by atoms with Gasteiger partial charge in [-0.1, -0.05) is 48.0 Å². The van der Waals surface area contributed by atoms with E-state index in [1.54, 1.807) is 0 Å². The van der Waals surface area contributed by atoms with E-state index in [1.165, 1.54) is 16.7 Å². The highest BCUT2D eigenvalue weighted by atomic mass is 14.9. The first kappa shape index (κ1) is 12.4. The number of nitrogens with one attached hydrogen (secondary N) is 1. The summed E-state index contributed by atoms with van der Waals surface area (Å²) in [6.45, 7) is 10.4. The molecule has 0 aliphatic rings. The van der Waals surface area contributed by atoms with Crippen LogP contribution in [0.1, 0.15) is 22.3 Å². The Morgan fingerprint density at radius 2 is 1.67 bits per heavy atom. The zero-order valence-corrected chi connectivity index (χ0v) is 11.2. The Labute approximate surface area is 109 Å². The number of anilines is 1. The van der Waals surface area contributed by atoms with Crippen molar-refractivity contribution in [1.82, 2.24) is 0 Å². The lowest BCUT2D eigenvalue weighted by atomic mass is 10.1. The van der Waals surface area contributed by atoms with Gasteiger partial charge in [0.2, 0.25) is 0 Å². The van der Waals surface area contributed by atoms with Gasteiger partial charge >= 0.3 is 0 Å². The lowest BCUT2D eigenvalue weighted by Gasteiger charge is -2.13. The molecule has 0 amide bonds. The molecular formula is C17H19N. The molecule has 0 atom stereocenters. The van der Waals surface area contributed by atoms with E-state index in [0.717, 1.165) is 16.9 Å². The maximum absolute atomic E-state index is 4.11. The molecule has 0 aliphatic carbocycles. The highest BCUT2D eigenvalue weighted by molar-refractivity contribution is 5.76. The SMILES string of the molecule is C=C(Nc1ccc(C)cc1C)c1cccc(C)c1. The van der Waals surface area contributed by atoms with Gasteiger partial charge in [-0.15, -0.1) is 0 Å². The maximum Gasteiger partial charge on any atom is 0.0414 e. The van der Waals surface area contributed by atoms with Crippen LogP contribution in [0, 0.1) is 20.8 Å². The molecule has 0 saturated carbocycles. The van der Waals surface area contributed by atoms with Crippen LogP contribution < -0.4 is 5.32 Å². The molecule has 1 heteroatoms. The minimum atomic E-state index is 0.936. The fourth-order valence-corrected chi connectivity index (χ4v) is 2.02. The predicted octanol–water partition coefficient (Wildman–Crippen LogP) is 4.69. The minimum absolute atomic E-state index is 0.936. The Balaban J connectivity index is 2.21. The van der Waals surface area contributed by atoms with Gasteiger partial charge in [0.1, 0.15) is 0 Å². The van der Waals surface area contributed by atoms with Gasteiger partial charge in [-0.05, 0) is 44.0 Å². The fourth-order valence-electron chi connectivity index (χ4n) is 2.02. The van der Waals surface area contributed by atoms with Gasteiger partial charge in [0, 0.05) is 11.4 Å². The number of hydrogen-bond acceptors (Lipinski definition) is 1. The van der Waals surface area contributed by atoms with Crippen molar-refractivity contribution < 1.29 is 0 Å². The summed E-state index contributed by atoms with van der Waals surface area (Å²) in [6, 6.07) is 14.7. The van der Waals surface area contributed by atoms with E-state index in [2.05, 4.69) is 75.1 Å². The first-order chi connectivity index (χ1) is 8.56. The smallest absolute Gasteiger partial charge is 0.0414 e. The Bertz CT molecular complexity index is 582. The van der Waals surface area contributed by atoms with Gasteiger partial charge in [0.25, 0.3) is 0 Å². The van der Waals surface area contributed by atoms with Crippen LogP contribution in [-0.2, 0) is 0 Å². The number of aryl methyl sites for hydroxylation is 3. The molecule has 92 valence electrons. The molecular weight excluding hydrogens is 218 g/mol. The molecule has 1 N–H and O–H groups in total. The van der Waals surface area contributed by atoms with Gasteiger partial charge < -0.3 is 5.32 Å². The van der Waals surface area contributed by atoms with Gasteiger partial charge in [0.05, 0.1) is 0 Å². The topological polar surface area (TPSA) is 12.0 Å². The summed E-state index contributed by atoms with van der Waals surface area (Å²) in [5.41, 5.74) is 6.95. The maximum atomic E-state index is 4.11. The number of rotatable bonds is 3. The third-order valence-corrected chi connectivity index (χ3v) is 3.03. The fraction of sp³-hybridized carbons (Fsp3) is 0.176. The Hall–Kier alpha value is -2.02.